The SMILES string of the molecule is COc1ccc(C)cc1/C=C/C(=O)Oc1ccc2c(C)cc(=O)oc2c1. The van der Waals surface area contributed by atoms with Crippen molar-refractivity contribution in [3.05, 3.63) is 75.7 Å². The van der Waals surface area contributed by atoms with E-state index in [1.54, 1.807) is 25.3 Å². The van der Waals surface area contributed by atoms with Gasteiger partial charge in [-0.2, -0.15) is 0 Å². The molecular weight excluding hydrogens is 332 g/mol. The van der Waals surface area contributed by atoms with Crippen LogP contribution in [0.15, 0.2) is 57.8 Å². The van der Waals surface area contributed by atoms with Crippen molar-refractivity contribution in [2.75, 3.05) is 7.11 Å². The molecule has 3 aromatic rings. The number of rotatable bonds is 4. The van der Waals surface area contributed by atoms with Crippen molar-refractivity contribution >= 4 is 23.0 Å². The molecule has 0 aliphatic carbocycles. The smallest absolute Gasteiger partial charge is 0.336 e. The predicted octanol–water partition coefficient (Wildman–Crippen LogP) is 4.04. The summed E-state index contributed by atoms with van der Waals surface area (Å²) < 4.78 is 15.7. The molecule has 1 heterocycles. The van der Waals surface area contributed by atoms with E-state index < -0.39 is 11.6 Å². The van der Waals surface area contributed by atoms with Gasteiger partial charge in [-0.3, -0.25) is 0 Å². The number of benzene rings is 2. The summed E-state index contributed by atoms with van der Waals surface area (Å²) in [6.45, 7) is 3.78. The van der Waals surface area contributed by atoms with E-state index in [0.29, 0.717) is 17.1 Å². The molecule has 0 aliphatic heterocycles. The Labute approximate surface area is 150 Å². The van der Waals surface area contributed by atoms with Crippen LogP contribution in [0, 0.1) is 13.8 Å². The van der Waals surface area contributed by atoms with Crippen LogP contribution in [-0.2, 0) is 4.79 Å². The van der Waals surface area contributed by atoms with Gasteiger partial charge in [-0.1, -0.05) is 11.6 Å². The summed E-state index contributed by atoms with van der Waals surface area (Å²) in [6.07, 6.45) is 2.97. The first-order valence-electron chi connectivity index (χ1n) is 8.05. The zero-order chi connectivity index (χ0) is 18.7. The summed E-state index contributed by atoms with van der Waals surface area (Å²) in [6, 6.07) is 12.1. The molecule has 5 nitrogen and oxygen atoms in total. The van der Waals surface area contributed by atoms with Crippen molar-refractivity contribution in [2.24, 2.45) is 0 Å². The third kappa shape index (κ3) is 3.83. The van der Waals surface area contributed by atoms with E-state index in [2.05, 4.69) is 0 Å². The van der Waals surface area contributed by atoms with Gasteiger partial charge < -0.3 is 13.9 Å². The molecule has 0 saturated heterocycles. The van der Waals surface area contributed by atoms with Crippen molar-refractivity contribution in [2.45, 2.75) is 13.8 Å². The average molecular weight is 350 g/mol. The summed E-state index contributed by atoms with van der Waals surface area (Å²) in [4.78, 5) is 23.6. The maximum absolute atomic E-state index is 12.1. The molecule has 26 heavy (non-hydrogen) atoms. The van der Waals surface area contributed by atoms with Crippen LogP contribution in [0.3, 0.4) is 0 Å². The van der Waals surface area contributed by atoms with Crippen LogP contribution < -0.4 is 15.1 Å². The zero-order valence-corrected chi connectivity index (χ0v) is 14.7. The molecule has 0 unspecified atom stereocenters. The van der Waals surface area contributed by atoms with Crippen LogP contribution in [0.1, 0.15) is 16.7 Å². The van der Waals surface area contributed by atoms with Crippen LogP contribution >= 0.6 is 0 Å². The minimum absolute atomic E-state index is 0.303. The molecular formula is C21H18O5. The van der Waals surface area contributed by atoms with Crippen LogP contribution in [-0.4, -0.2) is 13.1 Å². The van der Waals surface area contributed by atoms with Gasteiger partial charge in [-0.05, 0) is 49.8 Å². The number of hydrogen-bond acceptors (Lipinski definition) is 5. The maximum Gasteiger partial charge on any atom is 0.336 e. The van der Waals surface area contributed by atoms with Crippen molar-refractivity contribution in [1.29, 1.82) is 0 Å². The number of esters is 1. The Morgan fingerprint density at radius 2 is 1.88 bits per heavy atom. The fourth-order valence-electron chi connectivity index (χ4n) is 2.66. The van der Waals surface area contributed by atoms with E-state index >= 15 is 0 Å². The fourth-order valence-corrected chi connectivity index (χ4v) is 2.66. The second-order valence-electron chi connectivity index (χ2n) is 5.91. The number of fused-ring (bicyclic) bond motifs is 1. The molecule has 0 aliphatic rings. The first-order valence-corrected chi connectivity index (χ1v) is 8.05. The Bertz CT molecular complexity index is 1060. The van der Waals surface area contributed by atoms with Gasteiger partial charge in [-0.25, -0.2) is 9.59 Å². The largest absolute Gasteiger partial charge is 0.496 e. The summed E-state index contributed by atoms with van der Waals surface area (Å²) >= 11 is 0. The lowest BCUT2D eigenvalue weighted by Gasteiger charge is -2.06. The Morgan fingerprint density at radius 1 is 1.08 bits per heavy atom. The van der Waals surface area contributed by atoms with E-state index in [1.807, 2.05) is 32.0 Å². The second kappa shape index (κ2) is 7.27. The van der Waals surface area contributed by atoms with Gasteiger partial charge in [0.05, 0.1) is 7.11 Å². The second-order valence-corrected chi connectivity index (χ2v) is 5.91. The van der Waals surface area contributed by atoms with Crippen molar-refractivity contribution < 1.29 is 18.7 Å². The van der Waals surface area contributed by atoms with Crippen molar-refractivity contribution in [3.8, 4) is 11.5 Å². The molecule has 0 radical (unpaired) electrons. The molecule has 0 amide bonds. The molecule has 0 fully saturated rings. The Kier molecular flexibility index (Phi) is 4.89. The maximum atomic E-state index is 12.1. The lowest BCUT2D eigenvalue weighted by atomic mass is 10.1. The predicted molar refractivity (Wildman–Crippen MR) is 99.6 cm³/mol. The number of aryl methyl sites for hydroxylation is 2. The molecule has 0 N–H and O–H groups in total. The summed E-state index contributed by atoms with van der Waals surface area (Å²) in [5, 5.41) is 0.796. The van der Waals surface area contributed by atoms with Crippen LogP contribution in [0.25, 0.3) is 17.0 Å². The molecule has 1 aromatic heterocycles. The standard InChI is InChI=1S/C21H18O5/c1-13-4-8-18(24-3)15(10-13)5-9-20(22)25-16-6-7-17-14(2)11-21(23)26-19(17)12-16/h4-12H,1-3H3/b9-5+. The zero-order valence-electron chi connectivity index (χ0n) is 14.7. The van der Waals surface area contributed by atoms with Gasteiger partial charge in [0, 0.05) is 29.2 Å². The summed E-state index contributed by atoms with van der Waals surface area (Å²) in [5.74, 6) is 0.433. The molecule has 3 rings (SSSR count). The first-order chi connectivity index (χ1) is 12.5. The van der Waals surface area contributed by atoms with E-state index in [0.717, 1.165) is 22.1 Å². The van der Waals surface area contributed by atoms with Crippen LogP contribution in [0.5, 0.6) is 11.5 Å². The topological polar surface area (TPSA) is 65.7 Å². The molecule has 132 valence electrons. The minimum Gasteiger partial charge on any atom is -0.496 e. The van der Waals surface area contributed by atoms with Crippen molar-refractivity contribution in [1.82, 2.24) is 0 Å². The molecule has 0 bridgehead atoms. The monoisotopic (exact) mass is 350 g/mol. The van der Waals surface area contributed by atoms with Gasteiger partial charge >= 0.3 is 11.6 Å². The summed E-state index contributed by atoms with van der Waals surface area (Å²) in [5.41, 5.74) is 2.58. The third-order valence-corrected chi connectivity index (χ3v) is 3.93. The lowest BCUT2D eigenvalue weighted by molar-refractivity contribution is -0.128. The van der Waals surface area contributed by atoms with Gasteiger partial charge in [0.1, 0.15) is 17.1 Å². The normalized spacial score (nSPS) is 11.0. The van der Waals surface area contributed by atoms with Crippen LogP contribution in [0.4, 0.5) is 0 Å². The van der Waals surface area contributed by atoms with E-state index in [1.165, 1.54) is 18.2 Å². The highest BCUT2D eigenvalue weighted by Gasteiger charge is 2.07. The minimum atomic E-state index is -0.539. The Balaban J connectivity index is 1.81. The number of carbonyl (C=O) groups excluding carboxylic acids is 1. The van der Waals surface area contributed by atoms with Gasteiger partial charge in [-0.15, -0.1) is 0 Å². The van der Waals surface area contributed by atoms with Gasteiger partial charge in [0.25, 0.3) is 0 Å². The number of methoxy groups -OCH3 is 1. The Hall–Kier alpha value is -3.34. The number of hydrogen-bond donors (Lipinski definition) is 0. The lowest BCUT2D eigenvalue weighted by Crippen LogP contribution is -2.04. The fraction of sp³-hybridized carbons (Fsp3) is 0.143. The average Bonchev–Trinajstić information content (AvgIpc) is 2.59. The van der Waals surface area contributed by atoms with E-state index in [-0.39, 0.29) is 0 Å². The van der Waals surface area contributed by atoms with E-state index in [9.17, 15) is 9.59 Å². The van der Waals surface area contributed by atoms with Crippen molar-refractivity contribution in [3.63, 3.8) is 0 Å². The quantitative estimate of drug-likeness (QED) is 0.307. The van der Waals surface area contributed by atoms with E-state index in [4.69, 9.17) is 13.9 Å². The highest BCUT2D eigenvalue weighted by atomic mass is 16.5. The molecule has 0 saturated carbocycles. The highest BCUT2D eigenvalue weighted by Crippen LogP contribution is 2.23. The van der Waals surface area contributed by atoms with Crippen LogP contribution in [0.2, 0.25) is 0 Å². The van der Waals surface area contributed by atoms with Gasteiger partial charge in [0.2, 0.25) is 0 Å². The van der Waals surface area contributed by atoms with Gasteiger partial charge in [0.15, 0.2) is 0 Å². The number of carbonyl (C=O) groups is 1. The third-order valence-electron chi connectivity index (χ3n) is 3.93. The first kappa shape index (κ1) is 17.5. The molecule has 2 aromatic carbocycles. The Morgan fingerprint density at radius 3 is 2.65 bits per heavy atom. The number of ether oxygens (including phenoxy) is 2. The molecule has 0 atom stereocenters. The molecule has 5 heteroatoms. The molecule has 0 spiro atoms. The highest BCUT2D eigenvalue weighted by molar-refractivity contribution is 5.90. The summed E-state index contributed by atoms with van der Waals surface area (Å²) in [7, 11) is 1.57.